The highest BCUT2D eigenvalue weighted by molar-refractivity contribution is 7.80. The molecule has 0 saturated heterocycles. The van der Waals surface area contributed by atoms with Gasteiger partial charge >= 0.3 is 6.18 Å². The molecule has 0 fully saturated rings. The molecule has 106 valence electrons. The van der Waals surface area contributed by atoms with Gasteiger partial charge in [-0.1, -0.05) is 12.1 Å². The van der Waals surface area contributed by atoms with Gasteiger partial charge in [-0.05, 0) is 24.4 Å². The molecule has 0 aromatic heterocycles. The predicted molar refractivity (Wildman–Crippen MR) is 70.7 cm³/mol. The van der Waals surface area contributed by atoms with E-state index in [4.69, 9.17) is 17.0 Å². The molecule has 1 rings (SSSR count). The maximum absolute atomic E-state index is 12.7. The maximum atomic E-state index is 12.7. The largest absolute Gasteiger partial charge is 0.418 e. The molecule has 4 nitrogen and oxygen atoms in total. The van der Waals surface area contributed by atoms with Gasteiger partial charge in [-0.2, -0.15) is 13.2 Å². The molecule has 0 aliphatic carbocycles. The van der Waals surface area contributed by atoms with E-state index >= 15 is 0 Å². The summed E-state index contributed by atoms with van der Waals surface area (Å²) in [6.45, 7) is 0.909. The number of benzene rings is 1. The van der Waals surface area contributed by atoms with Crippen molar-refractivity contribution in [3.63, 3.8) is 0 Å². The number of methoxy groups -OCH3 is 1. The van der Waals surface area contributed by atoms with Crippen LogP contribution in [0.25, 0.3) is 0 Å². The van der Waals surface area contributed by atoms with Gasteiger partial charge in [-0.3, -0.25) is 10.9 Å². The van der Waals surface area contributed by atoms with Crippen molar-refractivity contribution in [1.29, 1.82) is 0 Å². The number of para-hydroxylation sites is 1. The third-order valence-corrected chi connectivity index (χ3v) is 2.38. The second-order valence-electron chi connectivity index (χ2n) is 3.54. The first-order valence-electron chi connectivity index (χ1n) is 5.40. The highest BCUT2D eigenvalue weighted by Gasteiger charge is 2.33. The Hall–Kier alpha value is -1.54. The van der Waals surface area contributed by atoms with Gasteiger partial charge in [0.05, 0.1) is 17.9 Å². The quantitative estimate of drug-likeness (QED) is 0.441. The van der Waals surface area contributed by atoms with Crippen LogP contribution in [0.15, 0.2) is 24.3 Å². The number of ether oxygens (including phenoxy) is 1. The summed E-state index contributed by atoms with van der Waals surface area (Å²) in [7, 11) is 1.54. The molecule has 1 aromatic rings. The van der Waals surface area contributed by atoms with Crippen LogP contribution in [0.5, 0.6) is 0 Å². The Morgan fingerprint density at radius 2 is 2.00 bits per heavy atom. The molecule has 0 spiro atoms. The fourth-order valence-corrected chi connectivity index (χ4v) is 1.43. The zero-order valence-electron chi connectivity index (χ0n) is 10.2. The minimum Gasteiger partial charge on any atom is -0.383 e. The first kappa shape index (κ1) is 15.5. The van der Waals surface area contributed by atoms with Crippen LogP contribution in [0, 0.1) is 0 Å². The van der Waals surface area contributed by atoms with Gasteiger partial charge in [-0.15, -0.1) is 0 Å². The molecule has 1 aromatic carbocycles. The number of anilines is 1. The van der Waals surface area contributed by atoms with Gasteiger partial charge in [0.1, 0.15) is 0 Å². The van der Waals surface area contributed by atoms with Gasteiger partial charge in [0.15, 0.2) is 5.11 Å². The molecule has 8 heteroatoms. The van der Waals surface area contributed by atoms with Crippen molar-refractivity contribution in [2.75, 3.05) is 25.7 Å². The molecule has 0 aliphatic heterocycles. The Labute approximate surface area is 114 Å². The predicted octanol–water partition coefficient (Wildman–Crippen LogP) is 2.14. The summed E-state index contributed by atoms with van der Waals surface area (Å²) < 4.78 is 42.9. The van der Waals surface area contributed by atoms with E-state index in [2.05, 4.69) is 16.2 Å². The third kappa shape index (κ3) is 5.31. The lowest BCUT2D eigenvalue weighted by molar-refractivity contribution is -0.137. The van der Waals surface area contributed by atoms with E-state index in [-0.39, 0.29) is 10.8 Å². The van der Waals surface area contributed by atoms with E-state index in [9.17, 15) is 13.2 Å². The second kappa shape index (κ2) is 7.15. The highest BCUT2D eigenvalue weighted by Crippen LogP contribution is 2.34. The van der Waals surface area contributed by atoms with Gasteiger partial charge in [0, 0.05) is 13.7 Å². The SMILES string of the molecule is COCCNC(=S)NNc1ccccc1C(F)(F)F. The van der Waals surface area contributed by atoms with Crippen molar-refractivity contribution >= 4 is 23.0 Å². The molecular weight excluding hydrogens is 279 g/mol. The number of alkyl halides is 3. The van der Waals surface area contributed by atoms with Crippen LogP contribution in [0.1, 0.15) is 5.56 Å². The van der Waals surface area contributed by atoms with Crippen molar-refractivity contribution in [2.45, 2.75) is 6.18 Å². The van der Waals surface area contributed by atoms with Crippen LogP contribution in [0.4, 0.5) is 18.9 Å². The van der Waals surface area contributed by atoms with Crippen molar-refractivity contribution < 1.29 is 17.9 Å². The summed E-state index contributed by atoms with van der Waals surface area (Å²) in [6.07, 6.45) is -4.42. The topological polar surface area (TPSA) is 45.3 Å². The van der Waals surface area contributed by atoms with Crippen LogP contribution < -0.4 is 16.2 Å². The highest BCUT2D eigenvalue weighted by atomic mass is 32.1. The fourth-order valence-electron chi connectivity index (χ4n) is 1.27. The van der Waals surface area contributed by atoms with E-state index < -0.39 is 11.7 Å². The number of hydrazine groups is 1. The average molecular weight is 293 g/mol. The number of hydrogen-bond donors (Lipinski definition) is 3. The zero-order valence-corrected chi connectivity index (χ0v) is 11.0. The van der Waals surface area contributed by atoms with Crippen molar-refractivity contribution in [3.8, 4) is 0 Å². The molecule has 0 saturated carbocycles. The number of rotatable bonds is 5. The maximum Gasteiger partial charge on any atom is 0.418 e. The Morgan fingerprint density at radius 3 is 2.63 bits per heavy atom. The van der Waals surface area contributed by atoms with Crippen LogP contribution in [-0.2, 0) is 10.9 Å². The second-order valence-corrected chi connectivity index (χ2v) is 3.95. The number of thiocarbonyl (C=S) groups is 1. The lowest BCUT2D eigenvalue weighted by Crippen LogP contribution is -2.40. The average Bonchev–Trinajstić information content (AvgIpc) is 2.36. The van der Waals surface area contributed by atoms with Crippen LogP contribution in [0.2, 0.25) is 0 Å². The van der Waals surface area contributed by atoms with Crippen molar-refractivity contribution in [1.82, 2.24) is 10.7 Å². The molecule has 0 atom stereocenters. The normalized spacial score (nSPS) is 10.9. The van der Waals surface area contributed by atoms with Gasteiger partial charge in [0.2, 0.25) is 0 Å². The van der Waals surface area contributed by atoms with E-state index in [1.165, 1.54) is 25.3 Å². The molecule has 0 radical (unpaired) electrons. The lowest BCUT2D eigenvalue weighted by Gasteiger charge is -2.16. The number of halogens is 3. The summed E-state index contributed by atoms with van der Waals surface area (Å²) in [4.78, 5) is 0. The summed E-state index contributed by atoms with van der Waals surface area (Å²) in [5.41, 5.74) is 4.06. The molecule has 0 unspecified atom stereocenters. The van der Waals surface area contributed by atoms with Gasteiger partial charge in [-0.25, -0.2) is 0 Å². The smallest absolute Gasteiger partial charge is 0.383 e. The minimum atomic E-state index is -4.42. The van der Waals surface area contributed by atoms with Crippen LogP contribution in [-0.4, -0.2) is 25.4 Å². The lowest BCUT2D eigenvalue weighted by atomic mass is 10.2. The summed E-state index contributed by atoms with van der Waals surface area (Å²) in [5, 5.41) is 2.95. The molecule has 0 amide bonds. The Balaban J connectivity index is 2.56. The third-order valence-electron chi connectivity index (χ3n) is 2.13. The van der Waals surface area contributed by atoms with Crippen LogP contribution in [0.3, 0.4) is 0 Å². The van der Waals surface area contributed by atoms with E-state index in [0.29, 0.717) is 13.2 Å². The van der Waals surface area contributed by atoms with E-state index in [1.54, 1.807) is 0 Å². The van der Waals surface area contributed by atoms with E-state index in [1.807, 2.05) is 0 Å². The van der Waals surface area contributed by atoms with Crippen LogP contribution >= 0.6 is 12.2 Å². The monoisotopic (exact) mass is 293 g/mol. The Kier molecular flexibility index (Phi) is 5.84. The Morgan fingerprint density at radius 1 is 1.32 bits per heavy atom. The summed E-state index contributed by atoms with van der Waals surface area (Å²) in [5.74, 6) is 0. The van der Waals surface area contributed by atoms with E-state index in [0.717, 1.165) is 6.07 Å². The standard InChI is InChI=1S/C11H14F3N3OS/c1-18-7-6-15-10(19)17-16-9-5-3-2-4-8(9)11(12,13)14/h2-5,16H,6-7H2,1H3,(H2,15,17,19). The molecule has 3 N–H and O–H groups in total. The first-order valence-corrected chi connectivity index (χ1v) is 5.81. The molecule has 19 heavy (non-hydrogen) atoms. The molecular formula is C11H14F3N3OS. The molecule has 0 aliphatic rings. The minimum absolute atomic E-state index is 0.0918. The molecule has 0 heterocycles. The summed E-state index contributed by atoms with van der Waals surface area (Å²) in [6, 6.07) is 5.13. The van der Waals surface area contributed by atoms with Crippen molar-refractivity contribution in [3.05, 3.63) is 29.8 Å². The van der Waals surface area contributed by atoms with Gasteiger partial charge in [0.25, 0.3) is 0 Å². The fraction of sp³-hybridized carbons (Fsp3) is 0.364. The molecule has 0 bridgehead atoms. The number of hydrogen-bond acceptors (Lipinski definition) is 3. The first-order chi connectivity index (χ1) is 8.95. The Bertz CT molecular complexity index is 426. The van der Waals surface area contributed by atoms with Gasteiger partial charge < -0.3 is 10.1 Å². The zero-order chi connectivity index (χ0) is 14.3. The number of nitrogens with one attached hydrogen (secondary N) is 3. The van der Waals surface area contributed by atoms with Crippen molar-refractivity contribution in [2.24, 2.45) is 0 Å². The summed E-state index contributed by atoms with van der Waals surface area (Å²) >= 11 is 4.88.